The van der Waals surface area contributed by atoms with Crippen LogP contribution in [-0.4, -0.2) is 22.4 Å². The molecule has 0 saturated heterocycles. The average Bonchev–Trinajstić information content (AvgIpc) is 2.38. The van der Waals surface area contributed by atoms with Gasteiger partial charge in [-0.25, -0.2) is 9.18 Å². The number of para-hydroxylation sites is 1. The predicted molar refractivity (Wildman–Crippen MR) is 62.3 cm³/mol. The molecule has 3 radical (unpaired) electrons. The Morgan fingerprint density at radius 3 is 2.61 bits per heavy atom. The van der Waals surface area contributed by atoms with Crippen molar-refractivity contribution >= 4 is 22.4 Å². The van der Waals surface area contributed by atoms with Crippen LogP contribution in [0.2, 0.25) is 0 Å². The summed E-state index contributed by atoms with van der Waals surface area (Å²) in [5.74, 6) is -2.28. The lowest BCUT2D eigenvalue weighted by Crippen LogP contribution is -2.15. The lowest BCUT2D eigenvalue weighted by Gasteiger charge is -2.07. The standard InChI is InChI=1S/C12H10FO4Si/c1-2-8(7-11(14)17-18)12(15)16-10-6-4-3-5-9(10)13/h2-6H,7H2,1H3. The molecule has 0 saturated carbocycles. The van der Waals surface area contributed by atoms with Gasteiger partial charge < -0.3 is 9.16 Å². The first-order chi connectivity index (χ1) is 8.58. The molecule has 0 atom stereocenters. The Kier molecular flexibility index (Phi) is 5.25. The highest BCUT2D eigenvalue weighted by atomic mass is 28.2. The molecule has 1 aromatic rings. The lowest BCUT2D eigenvalue weighted by atomic mass is 10.2. The maximum atomic E-state index is 13.2. The predicted octanol–water partition coefficient (Wildman–Crippen LogP) is 1.69. The number of carbonyl (C=O) groups excluding carboxylic acids is 2. The van der Waals surface area contributed by atoms with E-state index in [9.17, 15) is 14.0 Å². The fourth-order valence-electron chi connectivity index (χ4n) is 1.18. The molecular formula is C12H10FO4Si. The minimum absolute atomic E-state index is 0.0847. The third-order valence-electron chi connectivity index (χ3n) is 2.10. The molecule has 0 spiro atoms. The Hall–Kier alpha value is -1.95. The van der Waals surface area contributed by atoms with Crippen molar-refractivity contribution in [2.75, 3.05) is 0 Å². The molecule has 0 N–H and O–H groups in total. The Balaban J connectivity index is 2.75. The van der Waals surface area contributed by atoms with E-state index < -0.39 is 17.8 Å². The third-order valence-corrected chi connectivity index (χ3v) is 2.33. The molecule has 0 heterocycles. The largest absolute Gasteiger partial charge is 0.516 e. The summed E-state index contributed by atoms with van der Waals surface area (Å²) >= 11 is 0. The highest BCUT2D eigenvalue weighted by Gasteiger charge is 2.16. The minimum atomic E-state index is -0.792. The zero-order valence-corrected chi connectivity index (χ0v) is 10.6. The smallest absolute Gasteiger partial charge is 0.345 e. The number of halogens is 1. The van der Waals surface area contributed by atoms with Crippen molar-refractivity contribution in [1.82, 2.24) is 0 Å². The zero-order valence-electron chi connectivity index (χ0n) is 9.60. The zero-order chi connectivity index (χ0) is 13.5. The van der Waals surface area contributed by atoms with Gasteiger partial charge in [-0.2, -0.15) is 0 Å². The molecular weight excluding hydrogens is 255 g/mol. The van der Waals surface area contributed by atoms with Crippen LogP contribution in [0.5, 0.6) is 5.75 Å². The van der Waals surface area contributed by atoms with E-state index in [1.165, 1.54) is 30.3 Å². The van der Waals surface area contributed by atoms with Crippen molar-refractivity contribution in [3.63, 3.8) is 0 Å². The average molecular weight is 265 g/mol. The fourth-order valence-corrected chi connectivity index (χ4v) is 1.25. The van der Waals surface area contributed by atoms with Gasteiger partial charge in [0.15, 0.2) is 11.6 Å². The van der Waals surface area contributed by atoms with Crippen LogP contribution in [0.25, 0.3) is 0 Å². The van der Waals surface area contributed by atoms with Crippen LogP contribution in [0.15, 0.2) is 35.9 Å². The summed E-state index contributed by atoms with van der Waals surface area (Å²) in [4.78, 5) is 22.7. The van der Waals surface area contributed by atoms with Crippen molar-refractivity contribution in [2.45, 2.75) is 13.3 Å². The van der Waals surface area contributed by atoms with Crippen LogP contribution in [-0.2, 0) is 14.0 Å². The summed E-state index contributed by atoms with van der Waals surface area (Å²) in [5.41, 5.74) is 0.0847. The minimum Gasteiger partial charge on any atom is -0.516 e. The molecule has 0 amide bonds. The number of hydrogen-bond donors (Lipinski definition) is 0. The van der Waals surface area contributed by atoms with Gasteiger partial charge in [0.05, 0.1) is 6.42 Å². The molecule has 4 nitrogen and oxygen atoms in total. The van der Waals surface area contributed by atoms with E-state index in [0.717, 1.165) is 0 Å². The van der Waals surface area contributed by atoms with Crippen LogP contribution >= 0.6 is 0 Å². The van der Waals surface area contributed by atoms with Crippen LogP contribution in [0, 0.1) is 5.82 Å². The Morgan fingerprint density at radius 2 is 2.06 bits per heavy atom. The number of allylic oxidation sites excluding steroid dienone is 1. The highest BCUT2D eigenvalue weighted by Crippen LogP contribution is 2.17. The van der Waals surface area contributed by atoms with E-state index >= 15 is 0 Å². The van der Waals surface area contributed by atoms with Gasteiger partial charge >= 0.3 is 16.5 Å². The fraction of sp³-hybridized carbons (Fsp3) is 0.167. The third kappa shape index (κ3) is 3.81. The Morgan fingerprint density at radius 1 is 1.39 bits per heavy atom. The Bertz CT molecular complexity index is 485. The molecule has 0 aromatic heterocycles. The molecule has 93 valence electrons. The number of hydrogen-bond acceptors (Lipinski definition) is 4. The highest BCUT2D eigenvalue weighted by molar-refractivity contribution is 6.07. The van der Waals surface area contributed by atoms with Crippen molar-refractivity contribution in [2.24, 2.45) is 0 Å². The van der Waals surface area contributed by atoms with Crippen LogP contribution < -0.4 is 4.74 Å². The van der Waals surface area contributed by atoms with Crippen molar-refractivity contribution in [3.05, 3.63) is 41.7 Å². The molecule has 0 aliphatic carbocycles. The van der Waals surface area contributed by atoms with E-state index in [1.54, 1.807) is 6.92 Å². The SMILES string of the molecule is CC=C(CC(=O)O[Si])C(=O)Oc1ccccc1F. The van der Waals surface area contributed by atoms with Crippen molar-refractivity contribution in [1.29, 1.82) is 0 Å². The number of esters is 1. The van der Waals surface area contributed by atoms with Gasteiger partial charge in [-0.05, 0) is 19.1 Å². The van der Waals surface area contributed by atoms with Gasteiger partial charge in [-0.15, -0.1) is 0 Å². The van der Waals surface area contributed by atoms with Gasteiger partial charge in [0, 0.05) is 5.57 Å². The number of rotatable bonds is 4. The first-order valence-corrected chi connectivity index (χ1v) is 5.47. The topological polar surface area (TPSA) is 52.6 Å². The van der Waals surface area contributed by atoms with Gasteiger partial charge in [-0.3, -0.25) is 4.79 Å². The summed E-state index contributed by atoms with van der Waals surface area (Å²) in [7, 11) is 2.56. The van der Waals surface area contributed by atoms with Gasteiger partial charge in [0.25, 0.3) is 5.97 Å². The molecule has 1 rings (SSSR count). The first kappa shape index (κ1) is 14.1. The van der Waals surface area contributed by atoms with Gasteiger partial charge in [0.1, 0.15) is 0 Å². The van der Waals surface area contributed by atoms with E-state index in [-0.39, 0.29) is 17.7 Å². The Labute approximate surface area is 107 Å². The molecule has 0 aliphatic rings. The van der Waals surface area contributed by atoms with Crippen LogP contribution in [0.4, 0.5) is 4.39 Å². The quantitative estimate of drug-likeness (QED) is 0.360. The summed E-state index contributed by atoms with van der Waals surface area (Å²) in [6.45, 7) is 1.57. The van der Waals surface area contributed by atoms with Crippen molar-refractivity contribution in [3.8, 4) is 5.75 Å². The number of benzene rings is 1. The molecule has 0 fully saturated rings. The summed E-state index contributed by atoms with van der Waals surface area (Å²) in [5, 5.41) is 0. The molecule has 0 aliphatic heterocycles. The second kappa shape index (κ2) is 6.70. The molecule has 1 aromatic carbocycles. The maximum Gasteiger partial charge on any atom is 0.345 e. The molecule has 6 heteroatoms. The number of carbonyl (C=O) groups is 2. The van der Waals surface area contributed by atoms with E-state index in [0.29, 0.717) is 0 Å². The monoisotopic (exact) mass is 265 g/mol. The molecule has 0 bridgehead atoms. The summed E-state index contributed by atoms with van der Waals surface area (Å²) in [6, 6.07) is 5.51. The molecule has 0 unspecified atom stereocenters. The summed E-state index contributed by atoms with van der Waals surface area (Å²) < 4.78 is 22.3. The van der Waals surface area contributed by atoms with Crippen LogP contribution in [0.1, 0.15) is 13.3 Å². The van der Waals surface area contributed by atoms with Gasteiger partial charge in [0.2, 0.25) is 0 Å². The number of ether oxygens (including phenoxy) is 1. The van der Waals surface area contributed by atoms with E-state index in [4.69, 9.17) is 4.74 Å². The second-order valence-electron chi connectivity index (χ2n) is 3.28. The maximum absolute atomic E-state index is 13.2. The van der Waals surface area contributed by atoms with Gasteiger partial charge in [-0.1, -0.05) is 18.2 Å². The second-order valence-corrected chi connectivity index (χ2v) is 3.49. The van der Waals surface area contributed by atoms with Crippen molar-refractivity contribution < 1.29 is 23.1 Å². The van der Waals surface area contributed by atoms with E-state index in [1.807, 2.05) is 0 Å². The first-order valence-electron chi connectivity index (χ1n) is 5.06. The molecule has 18 heavy (non-hydrogen) atoms. The summed E-state index contributed by atoms with van der Waals surface area (Å²) in [6.07, 6.45) is 1.15. The van der Waals surface area contributed by atoms with E-state index in [2.05, 4.69) is 14.9 Å². The normalized spacial score (nSPS) is 10.9. The lowest BCUT2D eigenvalue weighted by molar-refractivity contribution is -0.136. The van der Waals surface area contributed by atoms with Crippen LogP contribution in [0.3, 0.4) is 0 Å².